The van der Waals surface area contributed by atoms with Gasteiger partial charge in [0.15, 0.2) is 0 Å². The first-order chi connectivity index (χ1) is 12.2. The van der Waals surface area contributed by atoms with E-state index < -0.39 is 0 Å². The summed E-state index contributed by atoms with van der Waals surface area (Å²) in [6, 6.07) is 9.92. The van der Waals surface area contributed by atoms with Crippen LogP contribution in [0.1, 0.15) is 5.82 Å². The molecule has 0 saturated carbocycles. The van der Waals surface area contributed by atoms with Crippen molar-refractivity contribution >= 4 is 50.3 Å². The van der Waals surface area contributed by atoms with Crippen LogP contribution in [0.3, 0.4) is 0 Å². The number of rotatable bonds is 5. The Hall–Kier alpha value is -2.45. The first-order valence-corrected chi connectivity index (χ1v) is 9.57. The molecule has 0 bridgehead atoms. The van der Waals surface area contributed by atoms with Crippen LogP contribution >= 0.6 is 23.1 Å². The molecule has 6 nitrogen and oxygen atoms in total. The van der Waals surface area contributed by atoms with Crippen molar-refractivity contribution in [3.8, 4) is 0 Å². The molecule has 0 saturated heterocycles. The number of hydrogen-bond donors (Lipinski definition) is 1. The van der Waals surface area contributed by atoms with Crippen LogP contribution < -0.4 is 5.32 Å². The predicted molar refractivity (Wildman–Crippen MR) is 101 cm³/mol. The summed E-state index contributed by atoms with van der Waals surface area (Å²) >= 11 is 2.99. The number of para-hydroxylation sites is 2. The van der Waals surface area contributed by atoms with Crippen LogP contribution in [0.25, 0.3) is 21.3 Å². The third kappa shape index (κ3) is 3.22. The number of carbonyl (C=O) groups excluding carboxylic acids is 1. The molecule has 126 valence electrons. The summed E-state index contributed by atoms with van der Waals surface area (Å²) in [6.07, 6.45) is 1.54. The highest BCUT2D eigenvalue weighted by atomic mass is 32.2. The van der Waals surface area contributed by atoms with E-state index in [-0.39, 0.29) is 5.91 Å². The number of hydrogen-bond acceptors (Lipinski definition) is 6. The number of thiophene rings is 1. The number of fused-ring (bicyclic) bond motifs is 2. The van der Waals surface area contributed by atoms with E-state index in [0.717, 1.165) is 32.1 Å². The molecule has 1 N–H and O–H groups in total. The quantitative estimate of drug-likeness (QED) is 0.432. The van der Waals surface area contributed by atoms with Crippen molar-refractivity contribution in [1.29, 1.82) is 0 Å². The smallest absolute Gasteiger partial charge is 0.230 e. The first kappa shape index (κ1) is 16.0. The van der Waals surface area contributed by atoms with Gasteiger partial charge >= 0.3 is 0 Å². The van der Waals surface area contributed by atoms with E-state index in [4.69, 9.17) is 0 Å². The zero-order valence-electron chi connectivity index (χ0n) is 13.5. The number of aryl methyl sites for hydroxylation is 1. The standard InChI is InChI=1S/C17H15N5OS2/c1-22-13-5-3-2-4-12(13)21-14(22)8-18-15(23)9-25-17-11-6-7-24-16(11)19-10-20-17/h2-7,10H,8-9H2,1H3,(H,18,23). The Kier molecular flexibility index (Phi) is 4.37. The van der Waals surface area contributed by atoms with Crippen LogP contribution in [0.5, 0.6) is 0 Å². The molecule has 0 spiro atoms. The topological polar surface area (TPSA) is 72.7 Å². The molecule has 8 heteroatoms. The second-order valence-electron chi connectivity index (χ2n) is 5.46. The van der Waals surface area contributed by atoms with Gasteiger partial charge in [-0.3, -0.25) is 4.79 Å². The molecule has 0 radical (unpaired) electrons. The van der Waals surface area contributed by atoms with Crippen molar-refractivity contribution < 1.29 is 4.79 Å². The molecule has 3 aromatic heterocycles. The Labute approximate surface area is 152 Å². The Bertz CT molecular complexity index is 1060. The molecule has 0 aliphatic carbocycles. The summed E-state index contributed by atoms with van der Waals surface area (Å²) in [4.78, 5) is 26.2. The molecule has 0 unspecified atom stereocenters. The Morgan fingerprint density at radius 1 is 1.28 bits per heavy atom. The summed E-state index contributed by atoms with van der Waals surface area (Å²) in [5, 5.41) is 6.75. The largest absolute Gasteiger partial charge is 0.348 e. The molecule has 4 aromatic rings. The number of imidazole rings is 1. The van der Waals surface area contributed by atoms with Gasteiger partial charge in [0.1, 0.15) is 22.0 Å². The zero-order valence-corrected chi connectivity index (χ0v) is 15.1. The second kappa shape index (κ2) is 6.81. The van der Waals surface area contributed by atoms with Gasteiger partial charge in [0.2, 0.25) is 5.91 Å². The van der Waals surface area contributed by atoms with Crippen LogP contribution in [0, 0.1) is 0 Å². The third-order valence-corrected chi connectivity index (χ3v) is 5.71. The van der Waals surface area contributed by atoms with Crippen LogP contribution in [0.4, 0.5) is 0 Å². The van der Waals surface area contributed by atoms with Gasteiger partial charge in [-0.25, -0.2) is 15.0 Å². The maximum Gasteiger partial charge on any atom is 0.230 e. The highest BCUT2D eigenvalue weighted by molar-refractivity contribution is 8.00. The lowest BCUT2D eigenvalue weighted by atomic mass is 10.3. The highest BCUT2D eigenvalue weighted by Gasteiger charge is 2.11. The number of nitrogens with zero attached hydrogens (tertiary/aromatic N) is 4. The summed E-state index contributed by atoms with van der Waals surface area (Å²) < 4.78 is 2.00. The molecule has 4 rings (SSSR count). The lowest BCUT2D eigenvalue weighted by Gasteiger charge is -2.06. The van der Waals surface area contributed by atoms with E-state index in [1.165, 1.54) is 11.8 Å². The van der Waals surface area contributed by atoms with Crippen molar-refractivity contribution in [2.45, 2.75) is 11.6 Å². The molecule has 25 heavy (non-hydrogen) atoms. The number of aromatic nitrogens is 4. The van der Waals surface area contributed by atoms with Gasteiger partial charge in [0.05, 0.1) is 23.3 Å². The Morgan fingerprint density at radius 2 is 2.16 bits per heavy atom. The summed E-state index contributed by atoms with van der Waals surface area (Å²) in [5.74, 6) is 1.10. The minimum Gasteiger partial charge on any atom is -0.348 e. The number of benzene rings is 1. The summed E-state index contributed by atoms with van der Waals surface area (Å²) in [7, 11) is 1.96. The lowest BCUT2D eigenvalue weighted by molar-refractivity contribution is -0.118. The Morgan fingerprint density at radius 3 is 3.04 bits per heavy atom. The molecular weight excluding hydrogens is 354 g/mol. The fourth-order valence-corrected chi connectivity index (χ4v) is 4.21. The molecule has 0 fully saturated rings. The molecule has 0 aliphatic heterocycles. The number of amides is 1. The minimum atomic E-state index is -0.0425. The minimum absolute atomic E-state index is 0.0425. The molecule has 0 aliphatic rings. The van der Waals surface area contributed by atoms with E-state index >= 15 is 0 Å². The van der Waals surface area contributed by atoms with Gasteiger partial charge in [-0.15, -0.1) is 11.3 Å². The number of nitrogens with one attached hydrogen (secondary N) is 1. The van der Waals surface area contributed by atoms with Gasteiger partial charge in [0.25, 0.3) is 0 Å². The molecule has 1 amide bonds. The SMILES string of the molecule is Cn1c(CNC(=O)CSc2ncnc3sccc23)nc2ccccc21. The van der Waals surface area contributed by atoms with Gasteiger partial charge in [-0.2, -0.15) is 0 Å². The van der Waals surface area contributed by atoms with Crippen molar-refractivity contribution in [1.82, 2.24) is 24.8 Å². The molecular formula is C17H15N5OS2. The second-order valence-corrected chi connectivity index (χ2v) is 7.32. The molecule has 1 aromatic carbocycles. The maximum atomic E-state index is 12.2. The van der Waals surface area contributed by atoms with E-state index in [1.807, 2.05) is 47.3 Å². The first-order valence-electron chi connectivity index (χ1n) is 7.70. The van der Waals surface area contributed by atoms with Crippen molar-refractivity contribution in [2.75, 3.05) is 5.75 Å². The van der Waals surface area contributed by atoms with Gasteiger partial charge < -0.3 is 9.88 Å². The average molecular weight is 369 g/mol. The molecule has 3 heterocycles. The monoisotopic (exact) mass is 369 g/mol. The zero-order chi connectivity index (χ0) is 17.2. The predicted octanol–water partition coefficient (Wildman–Crippen LogP) is 2.99. The average Bonchev–Trinajstić information content (AvgIpc) is 3.23. The maximum absolute atomic E-state index is 12.2. The van der Waals surface area contributed by atoms with E-state index in [0.29, 0.717) is 12.3 Å². The fourth-order valence-electron chi connectivity index (χ4n) is 2.60. The number of thioether (sulfide) groups is 1. The lowest BCUT2D eigenvalue weighted by Crippen LogP contribution is -2.26. The van der Waals surface area contributed by atoms with E-state index in [9.17, 15) is 4.79 Å². The van der Waals surface area contributed by atoms with Crippen LogP contribution in [0.2, 0.25) is 0 Å². The molecule has 0 atom stereocenters. The van der Waals surface area contributed by atoms with Gasteiger partial charge in [-0.05, 0) is 23.6 Å². The van der Waals surface area contributed by atoms with Crippen molar-refractivity contribution in [2.24, 2.45) is 7.05 Å². The van der Waals surface area contributed by atoms with Gasteiger partial charge in [0, 0.05) is 12.4 Å². The van der Waals surface area contributed by atoms with Crippen molar-refractivity contribution in [3.63, 3.8) is 0 Å². The van der Waals surface area contributed by atoms with Crippen LogP contribution in [-0.4, -0.2) is 31.2 Å². The normalized spacial score (nSPS) is 11.2. The highest BCUT2D eigenvalue weighted by Crippen LogP contribution is 2.27. The fraction of sp³-hybridized carbons (Fsp3) is 0.176. The van der Waals surface area contributed by atoms with Crippen LogP contribution in [0.15, 0.2) is 47.1 Å². The van der Waals surface area contributed by atoms with E-state index in [2.05, 4.69) is 20.3 Å². The van der Waals surface area contributed by atoms with E-state index in [1.54, 1.807) is 17.7 Å². The summed E-state index contributed by atoms with van der Waals surface area (Å²) in [5.41, 5.74) is 1.99. The van der Waals surface area contributed by atoms with Crippen molar-refractivity contribution in [3.05, 3.63) is 47.9 Å². The van der Waals surface area contributed by atoms with Gasteiger partial charge in [-0.1, -0.05) is 23.9 Å². The third-order valence-electron chi connectivity index (χ3n) is 3.89. The Balaban J connectivity index is 1.39. The number of carbonyl (C=O) groups is 1. The van der Waals surface area contributed by atoms with Crippen LogP contribution in [-0.2, 0) is 18.4 Å². The summed E-state index contributed by atoms with van der Waals surface area (Å²) in [6.45, 7) is 0.405.